The highest BCUT2D eigenvalue weighted by Gasteiger charge is 2.50. The fourth-order valence-corrected chi connectivity index (χ4v) is 10.4. The fourth-order valence-electron chi connectivity index (χ4n) is 5.82. The van der Waals surface area contributed by atoms with Gasteiger partial charge in [0, 0.05) is 6.42 Å². The molecule has 224 valence electrons. The Hall–Kier alpha value is -1.91. The summed E-state index contributed by atoms with van der Waals surface area (Å²) in [6.45, 7) is 9.80. The average Bonchev–Trinajstić information content (AvgIpc) is 2.95. The Balaban J connectivity index is 1.61. The predicted molar refractivity (Wildman–Crippen MR) is 174 cm³/mol. The highest BCUT2D eigenvalue weighted by Crippen LogP contribution is 2.36. The van der Waals surface area contributed by atoms with Crippen molar-refractivity contribution in [3.05, 3.63) is 60.7 Å². The van der Waals surface area contributed by atoms with Gasteiger partial charge in [-0.3, -0.25) is 4.79 Å². The van der Waals surface area contributed by atoms with Crippen molar-refractivity contribution in [1.29, 1.82) is 0 Å². The lowest BCUT2D eigenvalue weighted by atomic mass is 10.0. The first-order valence-corrected chi connectivity index (χ1v) is 18.2. The monoisotopic (exact) mass is 566 g/mol. The third kappa shape index (κ3) is 12.3. The normalized spacial score (nSPS) is 12.0. The van der Waals surface area contributed by atoms with Crippen molar-refractivity contribution in [3.63, 3.8) is 0 Å². The summed E-state index contributed by atoms with van der Waals surface area (Å²) in [6, 6.07) is 21.2. The van der Waals surface area contributed by atoms with Gasteiger partial charge < -0.3 is 9.16 Å². The van der Waals surface area contributed by atoms with Crippen LogP contribution in [-0.4, -0.2) is 27.5 Å². The molecule has 0 aromatic heterocycles. The number of carbonyl (C=O) groups is 1. The molecule has 0 aliphatic heterocycles. The van der Waals surface area contributed by atoms with E-state index in [4.69, 9.17) is 9.16 Å². The van der Waals surface area contributed by atoms with Gasteiger partial charge in [0.1, 0.15) is 6.61 Å². The van der Waals surface area contributed by atoms with E-state index in [0.29, 0.717) is 19.6 Å². The van der Waals surface area contributed by atoms with Crippen LogP contribution in [-0.2, 0) is 14.0 Å². The molecule has 0 aliphatic carbocycles. The van der Waals surface area contributed by atoms with Gasteiger partial charge in [-0.15, -0.1) is 0 Å². The summed E-state index contributed by atoms with van der Waals surface area (Å²) in [5.41, 5.74) is 0. The van der Waals surface area contributed by atoms with E-state index in [9.17, 15) is 4.79 Å². The van der Waals surface area contributed by atoms with Crippen LogP contribution < -0.4 is 10.4 Å². The summed E-state index contributed by atoms with van der Waals surface area (Å²) in [7, 11) is -2.58. The minimum atomic E-state index is -2.58. The number of unbranched alkanes of at least 4 members (excludes halogenated alkanes) is 14. The van der Waals surface area contributed by atoms with Crippen molar-refractivity contribution in [1.82, 2.24) is 0 Å². The van der Waals surface area contributed by atoms with Crippen molar-refractivity contribution in [2.45, 2.75) is 135 Å². The molecule has 0 amide bonds. The van der Waals surface area contributed by atoms with Gasteiger partial charge in [-0.1, -0.05) is 178 Å². The third-order valence-electron chi connectivity index (χ3n) is 8.07. The molecule has 0 unspecified atom stereocenters. The summed E-state index contributed by atoms with van der Waals surface area (Å²) in [6.07, 6.45) is 20.4. The lowest BCUT2D eigenvalue weighted by molar-refractivity contribution is -0.144. The lowest BCUT2D eigenvalue weighted by Gasteiger charge is -2.43. The average molecular weight is 567 g/mol. The van der Waals surface area contributed by atoms with E-state index in [1.54, 1.807) is 0 Å². The Morgan fingerprint density at radius 3 is 1.40 bits per heavy atom. The molecule has 0 radical (unpaired) electrons. The van der Waals surface area contributed by atoms with Crippen molar-refractivity contribution in [2.24, 2.45) is 0 Å². The molecule has 3 nitrogen and oxygen atoms in total. The molecule has 0 fully saturated rings. The first-order valence-electron chi connectivity index (χ1n) is 16.3. The Morgan fingerprint density at radius 2 is 1.00 bits per heavy atom. The Labute approximate surface area is 247 Å². The molecule has 0 atom stereocenters. The van der Waals surface area contributed by atoms with Gasteiger partial charge in [0.05, 0.1) is 6.61 Å². The standard InChI is InChI=1S/C36H58O3Si/c1-5-6-7-8-9-10-11-12-13-14-15-16-17-18-25-30-35(37)38-31-32-39-40(36(2,3)4,33-26-21-19-22-27-33)34-28-23-20-24-29-34/h19-24,26-29H,5-18,25,30-32H2,1-4H3. The highest BCUT2D eigenvalue weighted by atomic mass is 28.4. The van der Waals surface area contributed by atoms with Gasteiger partial charge in [-0.2, -0.15) is 0 Å². The number of benzene rings is 2. The second kappa shape index (κ2) is 20.0. The van der Waals surface area contributed by atoms with Gasteiger partial charge in [-0.05, 0) is 21.8 Å². The molecule has 0 aliphatic rings. The lowest BCUT2D eigenvalue weighted by Crippen LogP contribution is -2.66. The van der Waals surface area contributed by atoms with Gasteiger partial charge in [0.15, 0.2) is 0 Å². The molecule has 0 N–H and O–H groups in total. The van der Waals surface area contributed by atoms with Crippen LogP contribution in [0.2, 0.25) is 5.04 Å². The second-order valence-electron chi connectivity index (χ2n) is 12.4. The van der Waals surface area contributed by atoms with E-state index in [-0.39, 0.29) is 11.0 Å². The van der Waals surface area contributed by atoms with E-state index in [2.05, 4.69) is 88.4 Å². The van der Waals surface area contributed by atoms with Crippen LogP contribution in [0.3, 0.4) is 0 Å². The maximum absolute atomic E-state index is 12.4. The van der Waals surface area contributed by atoms with Gasteiger partial charge in [-0.25, -0.2) is 0 Å². The largest absolute Gasteiger partial charge is 0.463 e. The van der Waals surface area contributed by atoms with Crippen molar-refractivity contribution >= 4 is 24.7 Å². The molecular formula is C36H58O3Si. The van der Waals surface area contributed by atoms with Gasteiger partial charge >= 0.3 is 5.97 Å². The van der Waals surface area contributed by atoms with Crippen LogP contribution in [0.1, 0.15) is 130 Å². The minimum absolute atomic E-state index is 0.0758. The summed E-state index contributed by atoms with van der Waals surface area (Å²) < 4.78 is 12.4. The summed E-state index contributed by atoms with van der Waals surface area (Å²) in [4.78, 5) is 12.4. The zero-order valence-electron chi connectivity index (χ0n) is 26.2. The maximum Gasteiger partial charge on any atom is 0.305 e. The number of rotatable bonds is 22. The topological polar surface area (TPSA) is 35.5 Å². The van der Waals surface area contributed by atoms with E-state index >= 15 is 0 Å². The first kappa shape index (κ1) is 34.3. The van der Waals surface area contributed by atoms with Gasteiger partial charge in [0.25, 0.3) is 8.32 Å². The minimum Gasteiger partial charge on any atom is -0.463 e. The maximum atomic E-state index is 12.4. The summed E-state index contributed by atoms with van der Waals surface area (Å²) >= 11 is 0. The molecule has 0 saturated heterocycles. The second-order valence-corrected chi connectivity index (χ2v) is 16.7. The van der Waals surface area contributed by atoms with E-state index in [1.807, 2.05) is 0 Å². The number of ether oxygens (including phenoxy) is 1. The van der Waals surface area contributed by atoms with Crippen molar-refractivity contribution in [3.8, 4) is 0 Å². The molecule has 2 rings (SSSR count). The third-order valence-corrected chi connectivity index (χ3v) is 13.1. The van der Waals surface area contributed by atoms with E-state index in [1.165, 1.54) is 93.8 Å². The molecule has 4 heteroatoms. The number of hydrogen-bond acceptors (Lipinski definition) is 3. The SMILES string of the molecule is CCCCCCCCCCCCCCCCCC(=O)OCCO[Si](c1ccccc1)(c1ccccc1)C(C)(C)C. The molecule has 0 heterocycles. The Bertz CT molecular complexity index is 852. The van der Waals surface area contributed by atoms with E-state index in [0.717, 1.165) is 12.8 Å². The molecule has 2 aromatic rings. The number of esters is 1. The van der Waals surface area contributed by atoms with Gasteiger partial charge in [0.2, 0.25) is 0 Å². The summed E-state index contributed by atoms with van der Waals surface area (Å²) in [5.74, 6) is -0.0965. The molecule has 0 saturated carbocycles. The van der Waals surface area contributed by atoms with Crippen molar-refractivity contribution in [2.75, 3.05) is 13.2 Å². The van der Waals surface area contributed by atoms with Crippen LogP contribution in [0.15, 0.2) is 60.7 Å². The van der Waals surface area contributed by atoms with Crippen LogP contribution in [0.5, 0.6) is 0 Å². The molecule has 2 aromatic carbocycles. The predicted octanol–water partition coefficient (Wildman–Crippen LogP) is 9.37. The molecule has 40 heavy (non-hydrogen) atoms. The number of carbonyl (C=O) groups excluding carboxylic acids is 1. The van der Waals surface area contributed by atoms with Crippen LogP contribution in [0.25, 0.3) is 0 Å². The van der Waals surface area contributed by atoms with Crippen LogP contribution >= 0.6 is 0 Å². The summed E-state index contributed by atoms with van der Waals surface area (Å²) in [5, 5.41) is 2.42. The fraction of sp³-hybridized carbons (Fsp3) is 0.639. The van der Waals surface area contributed by atoms with Crippen LogP contribution in [0, 0.1) is 0 Å². The van der Waals surface area contributed by atoms with Crippen molar-refractivity contribution < 1.29 is 14.0 Å². The quantitative estimate of drug-likeness (QED) is 0.0809. The Kier molecular flexibility index (Phi) is 17.2. The molecule has 0 spiro atoms. The zero-order valence-corrected chi connectivity index (χ0v) is 27.2. The smallest absolute Gasteiger partial charge is 0.305 e. The van der Waals surface area contributed by atoms with E-state index < -0.39 is 8.32 Å². The Morgan fingerprint density at radius 1 is 0.600 bits per heavy atom. The highest BCUT2D eigenvalue weighted by molar-refractivity contribution is 6.99. The first-order chi connectivity index (χ1) is 19.4. The molecule has 0 bridgehead atoms. The molecular weight excluding hydrogens is 508 g/mol. The van der Waals surface area contributed by atoms with Crippen LogP contribution in [0.4, 0.5) is 0 Å². The number of hydrogen-bond donors (Lipinski definition) is 0. The zero-order chi connectivity index (χ0) is 28.9.